The molecule has 2 amide bonds. The van der Waals surface area contributed by atoms with Crippen LogP contribution >= 0.6 is 11.6 Å². The molecule has 0 aliphatic rings. The van der Waals surface area contributed by atoms with E-state index in [2.05, 4.69) is 10.6 Å². The molecule has 0 heterocycles. The van der Waals surface area contributed by atoms with Gasteiger partial charge in [-0.2, -0.15) is 0 Å². The molecule has 2 aromatic rings. The van der Waals surface area contributed by atoms with Crippen LogP contribution in [0, 0.1) is 0 Å². The SMILES string of the molecule is CC(=O)NC(CC(=O)Nc1cccc(C(C)=O)c1)c1cccc(Cl)c1. The van der Waals surface area contributed by atoms with Gasteiger partial charge < -0.3 is 10.6 Å². The quantitative estimate of drug-likeness (QED) is 0.772. The number of carbonyl (C=O) groups excluding carboxylic acids is 3. The van der Waals surface area contributed by atoms with E-state index < -0.39 is 6.04 Å². The molecule has 0 spiro atoms. The third kappa shape index (κ3) is 5.72. The van der Waals surface area contributed by atoms with Crippen molar-refractivity contribution in [1.29, 1.82) is 0 Å². The lowest BCUT2D eigenvalue weighted by molar-refractivity contribution is -0.120. The molecule has 1 atom stereocenters. The van der Waals surface area contributed by atoms with Crippen molar-refractivity contribution >= 4 is 34.9 Å². The molecule has 0 saturated heterocycles. The van der Waals surface area contributed by atoms with Gasteiger partial charge in [-0.05, 0) is 36.8 Å². The van der Waals surface area contributed by atoms with Crippen molar-refractivity contribution in [3.05, 3.63) is 64.7 Å². The molecule has 130 valence electrons. The Morgan fingerprint density at radius 3 is 2.40 bits per heavy atom. The van der Waals surface area contributed by atoms with Crippen molar-refractivity contribution in [2.45, 2.75) is 26.3 Å². The average molecular weight is 359 g/mol. The second-order valence-electron chi connectivity index (χ2n) is 5.70. The molecule has 1 unspecified atom stereocenters. The standard InChI is InChI=1S/C19H19ClN2O3/c1-12(23)14-5-4-8-17(10-14)22-19(25)11-18(21-13(2)24)15-6-3-7-16(20)9-15/h3-10,18H,11H2,1-2H3,(H,21,24)(H,22,25). The molecule has 6 heteroatoms. The highest BCUT2D eigenvalue weighted by molar-refractivity contribution is 6.30. The zero-order valence-electron chi connectivity index (χ0n) is 14.0. The van der Waals surface area contributed by atoms with E-state index in [1.54, 1.807) is 48.5 Å². The Morgan fingerprint density at radius 2 is 1.76 bits per heavy atom. The summed E-state index contributed by atoms with van der Waals surface area (Å²) in [5, 5.41) is 6.04. The molecular formula is C19H19ClN2O3. The number of ketones is 1. The van der Waals surface area contributed by atoms with E-state index in [0.717, 1.165) is 5.56 Å². The molecular weight excluding hydrogens is 340 g/mol. The first-order valence-electron chi connectivity index (χ1n) is 7.78. The fourth-order valence-electron chi connectivity index (χ4n) is 2.43. The van der Waals surface area contributed by atoms with Crippen molar-refractivity contribution in [2.24, 2.45) is 0 Å². The molecule has 5 nitrogen and oxygen atoms in total. The van der Waals surface area contributed by atoms with Crippen LogP contribution in [-0.4, -0.2) is 17.6 Å². The van der Waals surface area contributed by atoms with Crippen LogP contribution in [0.4, 0.5) is 5.69 Å². The normalized spacial score (nSPS) is 11.5. The van der Waals surface area contributed by atoms with Crippen LogP contribution in [0.5, 0.6) is 0 Å². The summed E-state index contributed by atoms with van der Waals surface area (Å²) in [6.07, 6.45) is 0.0459. The fraction of sp³-hybridized carbons (Fsp3) is 0.211. The van der Waals surface area contributed by atoms with Crippen LogP contribution in [-0.2, 0) is 9.59 Å². The third-order valence-corrected chi connectivity index (χ3v) is 3.81. The second kappa shape index (κ2) is 8.44. The topological polar surface area (TPSA) is 75.3 Å². The lowest BCUT2D eigenvalue weighted by Gasteiger charge is -2.18. The monoisotopic (exact) mass is 358 g/mol. The van der Waals surface area contributed by atoms with E-state index in [9.17, 15) is 14.4 Å². The Bertz CT molecular complexity index is 805. The predicted molar refractivity (Wildman–Crippen MR) is 97.7 cm³/mol. The van der Waals surface area contributed by atoms with E-state index in [-0.39, 0.29) is 24.0 Å². The fourth-order valence-corrected chi connectivity index (χ4v) is 2.63. The molecule has 0 fully saturated rings. The van der Waals surface area contributed by atoms with Crippen LogP contribution < -0.4 is 10.6 Å². The number of amides is 2. The first kappa shape index (κ1) is 18.7. The first-order valence-corrected chi connectivity index (χ1v) is 8.16. The van der Waals surface area contributed by atoms with E-state index >= 15 is 0 Å². The zero-order valence-corrected chi connectivity index (χ0v) is 14.8. The van der Waals surface area contributed by atoms with Gasteiger partial charge in [-0.3, -0.25) is 14.4 Å². The Balaban J connectivity index is 2.13. The molecule has 0 saturated carbocycles. The van der Waals surface area contributed by atoms with Gasteiger partial charge >= 0.3 is 0 Å². The van der Waals surface area contributed by atoms with Crippen LogP contribution in [0.3, 0.4) is 0 Å². The summed E-state index contributed by atoms with van der Waals surface area (Å²) in [6, 6.07) is 13.2. The molecule has 0 radical (unpaired) electrons. The highest BCUT2D eigenvalue weighted by atomic mass is 35.5. The molecule has 2 N–H and O–H groups in total. The van der Waals surface area contributed by atoms with Crippen molar-refractivity contribution in [1.82, 2.24) is 5.32 Å². The number of rotatable bonds is 6. The summed E-state index contributed by atoms with van der Waals surface area (Å²) in [5.41, 5.74) is 1.80. The van der Waals surface area contributed by atoms with Gasteiger partial charge in [-0.1, -0.05) is 35.9 Å². The van der Waals surface area contributed by atoms with Crippen LogP contribution in [0.25, 0.3) is 0 Å². The summed E-state index contributed by atoms with van der Waals surface area (Å²) < 4.78 is 0. The second-order valence-corrected chi connectivity index (χ2v) is 6.13. The van der Waals surface area contributed by atoms with E-state index in [4.69, 9.17) is 11.6 Å². The van der Waals surface area contributed by atoms with Crippen molar-refractivity contribution in [3.63, 3.8) is 0 Å². The number of hydrogen-bond acceptors (Lipinski definition) is 3. The first-order chi connectivity index (χ1) is 11.8. The molecule has 0 aliphatic heterocycles. The van der Waals surface area contributed by atoms with Gasteiger partial charge in [0.15, 0.2) is 5.78 Å². The van der Waals surface area contributed by atoms with Crippen LogP contribution in [0.15, 0.2) is 48.5 Å². The summed E-state index contributed by atoms with van der Waals surface area (Å²) in [4.78, 5) is 35.2. The smallest absolute Gasteiger partial charge is 0.226 e. The summed E-state index contributed by atoms with van der Waals surface area (Å²) in [6.45, 7) is 2.86. The van der Waals surface area contributed by atoms with Crippen LogP contribution in [0.1, 0.15) is 42.2 Å². The highest BCUT2D eigenvalue weighted by Gasteiger charge is 2.17. The maximum Gasteiger partial charge on any atom is 0.226 e. The Kier molecular flexibility index (Phi) is 6.31. The summed E-state index contributed by atoms with van der Waals surface area (Å²) in [7, 11) is 0. The lowest BCUT2D eigenvalue weighted by Crippen LogP contribution is -2.29. The molecule has 0 aliphatic carbocycles. The van der Waals surface area contributed by atoms with Gasteiger partial charge in [-0.25, -0.2) is 0 Å². The predicted octanol–water partition coefficient (Wildman–Crippen LogP) is 3.75. The van der Waals surface area contributed by atoms with Crippen molar-refractivity contribution in [2.75, 3.05) is 5.32 Å². The lowest BCUT2D eigenvalue weighted by atomic mass is 10.0. The van der Waals surface area contributed by atoms with E-state index in [1.165, 1.54) is 13.8 Å². The molecule has 2 rings (SSSR count). The molecule has 0 aromatic heterocycles. The van der Waals surface area contributed by atoms with Crippen molar-refractivity contribution < 1.29 is 14.4 Å². The maximum absolute atomic E-state index is 12.4. The number of nitrogens with one attached hydrogen (secondary N) is 2. The minimum Gasteiger partial charge on any atom is -0.349 e. The highest BCUT2D eigenvalue weighted by Crippen LogP contribution is 2.21. The maximum atomic E-state index is 12.4. The Morgan fingerprint density at radius 1 is 1.04 bits per heavy atom. The number of Topliss-reactive ketones (excluding diaryl/α,β-unsaturated/α-hetero) is 1. The number of carbonyl (C=O) groups is 3. The van der Waals surface area contributed by atoms with Gasteiger partial charge in [0.05, 0.1) is 12.5 Å². The zero-order chi connectivity index (χ0) is 18.4. The third-order valence-electron chi connectivity index (χ3n) is 3.57. The van der Waals surface area contributed by atoms with Gasteiger partial charge in [0.1, 0.15) is 0 Å². The van der Waals surface area contributed by atoms with Gasteiger partial charge in [0.2, 0.25) is 11.8 Å². The molecule has 0 bridgehead atoms. The minimum atomic E-state index is -0.493. The van der Waals surface area contributed by atoms with Gasteiger partial charge in [0, 0.05) is 23.2 Å². The van der Waals surface area contributed by atoms with Crippen LogP contribution in [0.2, 0.25) is 5.02 Å². The number of anilines is 1. The van der Waals surface area contributed by atoms with E-state index in [0.29, 0.717) is 16.3 Å². The Labute approximate surface area is 151 Å². The Hall–Kier alpha value is -2.66. The summed E-state index contributed by atoms with van der Waals surface area (Å²) >= 11 is 5.99. The van der Waals surface area contributed by atoms with Gasteiger partial charge in [-0.15, -0.1) is 0 Å². The van der Waals surface area contributed by atoms with Crippen molar-refractivity contribution in [3.8, 4) is 0 Å². The van der Waals surface area contributed by atoms with Gasteiger partial charge in [0.25, 0.3) is 0 Å². The largest absolute Gasteiger partial charge is 0.349 e. The number of halogens is 1. The molecule has 25 heavy (non-hydrogen) atoms. The number of hydrogen-bond donors (Lipinski definition) is 2. The van der Waals surface area contributed by atoms with E-state index in [1.807, 2.05) is 0 Å². The summed E-state index contributed by atoms with van der Waals surface area (Å²) in [5.74, 6) is -0.595. The number of benzene rings is 2. The average Bonchev–Trinajstić information content (AvgIpc) is 2.54. The molecule has 2 aromatic carbocycles. The minimum absolute atomic E-state index is 0.0459.